The molecule has 1 aromatic carbocycles. The molecule has 0 fully saturated rings. The minimum atomic E-state index is -3.68. The number of halogens is 1. The minimum absolute atomic E-state index is 0.106. The molecule has 0 N–H and O–H groups in total. The maximum absolute atomic E-state index is 12.7. The molecule has 0 aliphatic carbocycles. The lowest BCUT2D eigenvalue weighted by molar-refractivity contribution is 0.0526. The zero-order chi connectivity index (χ0) is 18.0. The van der Waals surface area contributed by atoms with Gasteiger partial charge in [0.25, 0.3) is 0 Å². The standard InChI is InChI=1S/C17H15ClN2O4S/c1-2-24-17(21)14-10-19-16-13(15(14)18)8-9-20(16)25(22,23)11-12-6-4-3-5-7-12/h3-10H,2,11H2,1H3. The number of nitrogens with zero attached hydrogens (tertiary/aromatic N) is 2. The molecule has 3 rings (SSSR count). The first-order valence-corrected chi connectivity index (χ1v) is 9.52. The molecule has 0 bridgehead atoms. The first kappa shape index (κ1) is 17.4. The lowest BCUT2D eigenvalue weighted by Crippen LogP contribution is -2.15. The minimum Gasteiger partial charge on any atom is -0.462 e. The Kier molecular flexibility index (Phi) is 4.78. The van der Waals surface area contributed by atoms with Gasteiger partial charge in [0, 0.05) is 17.8 Å². The van der Waals surface area contributed by atoms with E-state index >= 15 is 0 Å². The quantitative estimate of drug-likeness (QED) is 0.637. The van der Waals surface area contributed by atoms with Gasteiger partial charge in [-0.15, -0.1) is 0 Å². The number of rotatable bonds is 5. The normalized spacial score (nSPS) is 11.6. The van der Waals surface area contributed by atoms with Crippen LogP contribution in [0.5, 0.6) is 0 Å². The van der Waals surface area contributed by atoms with E-state index in [2.05, 4.69) is 4.98 Å². The van der Waals surface area contributed by atoms with E-state index in [1.165, 1.54) is 18.5 Å². The lowest BCUT2D eigenvalue weighted by atomic mass is 10.2. The smallest absolute Gasteiger partial charge is 0.341 e. The van der Waals surface area contributed by atoms with E-state index in [9.17, 15) is 13.2 Å². The Labute approximate surface area is 150 Å². The first-order chi connectivity index (χ1) is 11.9. The third-order valence-electron chi connectivity index (χ3n) is 3.60. The first-order valence-electron chi connectivity index (χ1n) is 7.54. The Hall–Kier alpha value is -2.38. The van der Waals surface area contributed by atoms with E-state index in [1.54, 1.807) is 31.2 Å². The molecule has 2 heterocycles. The summed E-state index contributed by atoms with van der Waals surface area (Å²) in [4.78, 5) is 16.0. The van der Waals surface area contributed by atoms with Gasteiger partial charge in [0.05, 0.1) is 22.9 Å². The van der Waals surface area contributed by atoms with Crippen molar-refractivity contribution in [3.63, 3.8) is 0 Å². The van der Waals surface area contributed by atoms with Gasteiger partial charge in [-0.2, -0.15) is 0 Å². The van der Waals surface area contributed by atoms with Crippen LogP contribution in [-0.2, 0) is 20.5 Å². The predicted molar refractivity (Wildman–Crippen MR) is 95.2 cm³/mol. The van der Waals surface area contributed by atoms with E-state index in [1.807, 2.05) is 6.07 Å². The number of fused-ring (bicyclic) bond motifs is 1. The molecule has 2 aromatic heterocycles. The molecule has 0 atom stereocenters. The van der Waals surface area contributed by atoms with Crippen molar-refractivity contribution in [2.45, 2.75) is 12.7 Å². The van der Waals surface area contributed by atoms with Crippen LogP contribution in [0.25, 0.3) is 11.0 Å². The molecular weight excluding hydrogens is 364 g/mol. The summed E-state index contributed by atoms with van der Waals surface area (Å²) in [5.74, 6) is -0.766. The second-order valence-electron chi connectivity index (χ2n) is 5.30. The van der Waals surface area contributed by atoms with E-state index in [0.29, 0.717) is 10.9 Å². The van der Waals surface area contributed by atoms with E-state index in [-0.39, 0.29) is 28.6 Å². The van der Waals surface area contributed by atoms with Crippen molar-refractivity contribution < 1.29 is 17.9 Å². The molecule has 3 aromatic rings. The molecule has 8 heteroatoms. The highest BCUT2D eigenvalue weighted by atomic mass is 35.5. The van der Waals surface area contributed by atoms with Crippen LogP contribution < -0.4 is 0 Å². The summed E-state index contributed by atoms with van der Waals surface area (Å²) in [5.41, 5.74) is 0.946. The highest BCUT2D eigenvalue weighted by Crippen LogP contribution is 2.28. The molecule has 0 saturated carbocycles. The fourth-order valence-electron chi connectivity index (χ4n) is 2.46. The summed E-state index contributed by atoms with van der Waals surface area (Å²) in [6.07, 6.45) is 2.62. The van der Waals surface area contributed by atoms with Gasteiger partial charge in [-0.1, -0.05) is 41.9 Å². The van der Waals surface area contributed by atoms with Gasteiger partial charge in [0.2, 0.25) is 10.0 Å². The Morgan fingerprint density at radius 1 is 1.24 bits per heavy atom. The van der Waals surface area contributed by atoms with Gasteiger partial charge in [0.15, 0.2) is 5.65 Å². The highest BCUT2D eigenvalue weighted by Gasteiger charge is 2.22. The van der Waals surface area contributed by atoms with Gasteiger partial charge < -0.3 is 4.74 Å². The predicted octanol–water partition coefficient (Wildman–Crippen LogP) is 3.24. The fraction of sp³-hybridized carbons (Fsp3) is 0.176. The number of hydrogen-bond donors (Lipinski definition) is 0. The van der Waals surface area contributed by atoms with Gasteiger partial charge >= 0.3 is 5.97 Å². The van der Waals surface area contributed by atoms with Gasteiger partial charge in [0.1, 0.15) is 0 Å². The molecule has 6 nitrogen and oxygen atoms in total. The van der Waals surface area contributed by atoms with Crippen LogP contribution in [0.15, 0.2) is 48.8 Å². The maximum Gasteiger partial charge on any atom is 0.341 e. The second-order valence-corrected chi connectivity index (χ2v) is 7.52. The zero-order valence-electron chi connectivity index (χ0n) is 13.3. The lowest BCUT2D eigenvalue weighted by Gasteiger charge is -2.08. The Morgan fingerprint density at radius 3 is 2.64 bits per heavy atom. The van der Waals surface area contributed by atoms with Crippen LogP contribution in [-0.4, -0.2) is 30.0 Å². The Bertz CT molecular complexity index is 1030. The third kappa shape index (κ3) is 3.38. The molecule has 0 aliphatic rings. The summed E-state index contributed by atoms with van der Waals surface area (Å²) in [6.45, 7) is 1.89. The van der Waals surface area contributed by atoms with Crippen LogP contribution in [0, 0.1) is 0 Å². The zero-order valence-corrected chi connectivity index (χ0v) is 14.9. The monoisotopic (exact) mass is 378 g/mol. The van der Waals surface area contributed by atoms with Crippen LogP contribution in [0.4, 0.5) is 0 Å². The Morgan fingerprint density at radius 2 is 1.96 bits per heavy atom. The highest BCUT2D eigenvalue weighted by molar-refractivity contribution is 7.89. The number of hydrogen-bond acceptors (Lipinski definition) is 5. The average Bonchev–Trinajstić information content (AvgIpc) is 3.02. The maximum atomic E-state index is 12.7. The summed E-state index contributed by atoms with van der Waals surface area (Å²) in [7, 11) is -3.68. The summed E-state index contributed by atoms with van der Waals surface area (Å²) >= 11 is 6.25. The number of carbonyl (C=O) groups is 1. The van der Waals surface area contributed by atoms with Gasteiger partial charge in [-0.25, -0.2) is 22.2 Å². The number of pyridine rings is 1. The van der Waals surface area contributed by atoms with E-state index < -0.39 is 16.0 Å². The molecule has 0 unspecified atom stereocenters. The van der Waals surface area contributed by atoms with Crippen LogP contribution in [0.3, 0.4) is 0 Å². The number of esters is 1. The van der Waals surface area contributed by atoms with Crippen molar-refractivity contribution in [3.8, 4) is 0 Å². The van der Waals surface area contributed by atoms with Crippen molar-refractivity contribution in [3.05, 3.63) is 64.9 Å². The molecule has 0 amide bonds. The second kappa shape index (κ2) is 6.85. The fourth-order valence-corrected chi connectivity index (χ4v) is 4.14. The largest absolute Gasteiger partial charge is 0.462 e. The topological polar surface area (TPSA) is 78.3 Å². The average molecular weight is 379 g/mol. The van der Waals surface area contributed by atoms with Crippen LogP contribution in [0.2, 0.25) is 5.02 Å². The number of aromatic nitrogens is 2. The van der Waals surface area contributed by atoms with Crippen molar-refractivity contribution in [2.75, 3.05) is 6.61 Å². The third-order valence-corrected chi connectivity index (χ3v) is 5.60. The molecule has 0 radical (unpaired) electrons. The number of ether oxygens (including phenoxy) is 1. The molecule has 25 heavy (non-hydrogen) atoms. The van der Waals surface area contributed by atoms with Gasteiger partial charge in [-0.3, -0.25) is 0 Å². The van der Waals surface area contributed by atoms with E-state index in [0.717, 1.165) is 3.97 Å². The molecule has 0 spiro atoms. The molecule has 0 saturated heterocycles. The number of carbonyl (C=O) groups excluding carboxylic acids is 1. The van der Waals surface area contributed by atoms with Crippen molar-refractivity contribution in [2.24, 2.45) is 0 Å². The van der Waals surface area contributed by atoms with Crippen molar-refractivity contribution >= 4 is 38.6 Å². The Balaban J connectivity index is 2.04. The van der Waals surface area contributed by atoms with Crippen LogP contribution >= 0.6 is 11.6 Å². The van der Waals surface area contributed by atoms with Gasteiger partial charge in [-0.05, 0) is 18.6 Å². The van der Waals surface area contributed by atoms with Crippen LogP contribution in [0.1, 0.15) is 22.8 Å². The van der Waals surface area contributed by atoms with E-state index in [4.69, 9.17) is 16.3 Å². The van der Waals surface area contributed by atoms with Crippen molar-refractivity contribution in [1.29, 1.82) is 0 Å². The SMILES string of the molecule is CCOC(=O)c1cnc2c(ccn2S(=O)(=O)Cc2ccccc2)c1Cl. The summed E-state index contributed by atoms with van der Waals surface area (Å²) in [6, 6.07) is 10.4. The molecule has 0 aliphatic heterocycles. The summed E-state index contributed by atoms with van der Waals surface area (Å²) in [5, 5.41) is 0.501. The molecular formula is C17H15ClN2O4S. The molecule has 130 valence electrons. The number of benzene rings is 1. The van der Waals surface area contributed by atoms with Crippen molar-refractivity contribution in [1.82, 2.24) is 8.96 Å². The summed E-state index contributed by atoms with van der Waals surface area (Å²) < 4.78 is 31.4.